The van der Waals surface area contributed by atoms with Gasteiger partial charge in [0.1, 0.15) is 37.1 Å². The summed E-state index contributed by atoms with van der Waals surface area (Å²) in [7, 11) is 0. The van der Waals surface area contributed by atoms with E-state index in [1.54, 1.807) is 0 Å². The molecule has 1 saturated heterocycles. The fraction of sp³-hybridized carbons (Fsp3) is 0.442. The van der Waals surface area contributed by atoms with Crippen LogP contribution in [-0.4, -0.2) is 137 Å². The molecule has 60 heavy (non-hydrogen) atoms. The van der Waals surface area contributed by atoms with Gasteiger partial charge in [-0.2, -0.15) is 0 Å². The van der Waals surface area contributed by atoms with E-state index in [9.17, 15) is 41.9 Å². The summed E-state index contributed by atoms with van der Waals surface area (Å²) in [5, 5.41) is 0. The average Bonchev–Trinajstić information content (AvgIpc) is 3.23. The topological polar surface area (TPSA) is 174 Å². The molecule has 4 N–H and O–H groups in total. The molecular formula is C43H55F3N8O6. The Morgan fingerprint density at radius 3 is 0.883 bits per heavy atom. The van der Waals surface area contributed by atoms with Crippen LogP contribution in [0.15, 0.2) is 72.8 Å². The summed E-state index contributed by atoms with van der Waals surface area (Å²) in [6.45, 7) is -1.06. The normalized spacial score (nSPS) is 15.9. The highest BCUT2D eigenvalue weighted by Gasteiger charge is 2.31. The zero-order chi connectivity index (χ0) is 43.6. The Labute approximate surface area is 348 Å². The Bertz CT molecular complexity index is 1680. The second-order valence-electron chi connectivity index (χ2n) is 14.7. The lowest BCUT2D eigenvalue weighted by Crippen LogP contribution is -2.53. The second-order valence-corrected chi connectivity index (χ2v) is 14.7. The Kier molecular flexibility index (Phi) is 18.5. The fourth-order valence-corrected chi connectivity index (χ4v) is 6.50. The van der Waals surface area contributed by atoms with Gasteiger partial charge in [-0.15, -0.1) is 0 Å². The quantitative estimate of drug-likeness (QED) is 0.235. The van der Waals surface area contributed by atoms with Crippen molar-refractivity contribution in [2.75, 3.05) is 72.0 Å². The standard InChI is InChI=1S/C43H55F3N8O6/c1-2-3-20-49-26-41(58)53(24-33-8-14-36(45)15-9-33)30-39(56)51(22-5-19-48)28-43(60)54(25-34-10-16-37(46)17-11-34)31-40(57)50(21-4-18-47)27-42(59)52(29-38(49)55)23-32-6-12-35(44)13-7-32/h6-17H,2-5,18-31,47-48H2,1H3. The molecule has 1 heterocycles. The number of unbranched alkanes of at least 4 members (excludes halogenated alkanes) is 1. The lowest BCUT2D eigenvalue weighted by atomic mass is 10.2. The zero-order valence-electron chi connectivity index (χ0n) is 34.1. The van der Waals surface area contributed by atoms with Gasteiger partial charge in [0.15, 0.2) is 0 Å². The van der Waals surface area contributed by atoms with Crippen molar-refractivity contribution in [3.63, 3.8) is 0 Å². The number of carbonyl (C=O) groups is 6. The van der Waals surface area contributed by atoms with E-state index in [0.29, 0.717) is 42.4 Å². The molecule has 17 heteroatoms. The Hall–Kier alpha value is -5.81. The van der Waals surface area contributed by atoms with Crippen LogP contribution in [0, 0.1) is 17.5 Å². The van der Waals surface area contributed by atoms with Crippen molar-refractivity contribution in [2.24, 2.45) is 11.5 Å². The molecule has 4 rings (SSSR count). The van der Waals surface area contributed by atoms with E-state index in [1.807, 2.05) is 6.92 Å². The van der Waals surface area contributed by atoms with E-state index in [-0.39, 0.29) is 52.4 Å². The van der Waals surface area contributed by atoms with Gasteiger partial charge in [-0.1, -0.05) is 49.7 Å². The van der Waals surface area contributed by atoms with Gasteiger partial charge in [0.25, 0.3) is 0 Å². The van der Waals surface area contributed by atoms with Gasteiger partial charge in [-0.25, -0.2) is 13.2 Å². The smallest absolute Gasteiger partial charge is 0.242 e. The van der Waals surface area contributed by atoms with Crippen molar-refractivity contribution in [1.29, 1.82) is 0 Å². The molecule has 0 spiro atoms. The molecule has 0 radical (unpaired) electrons. The number of benzene rings is 3. The molecule has 0 aromatic heterocycles. The van der Waals surface area contributed by atoms with E-state index in [4.69, 9.17) is 11.5 Å². The maximum Gasteiger partial charge on any atom is 0.242 e. The second kappa shape index (κ2) is 23.7. The van der Waals surface area contributed by atoms with Crippen LogP contribution >= 0.6 is 0 Å². The van der Waals surface area contributed by atoms with E-state index in [0.717, 1.165) is 0 Å². The van der Waals surface area contributed by atoms with Crippen molar-refractivity contribution < 1.29 is 41.9 Å². The van der Waals surface area contributed by atoms with Gasteiger partial charge in [0, 0.05) is 39.3 Å². The summed E-state index contributed by atoms with van der Waals surface area (Å²) in [5.41, 5.74) is 13.1. The van der Waals surface area contributed by atoms with Crippen LogP contribution in [0.4, 0.5) is 13.2 Å². The SMILES string of the molecule is CCCCN1CC(=O)N(Cc2ccc(F)cc2)CC(=O)N(CCCN)CC(=O)N(Cc2ccc(F)cc2)CC(=O)N(CCCN)CC(=O)N(Cc2ccc(F)cc2)CC1=O. The lowest BCUT2D eigenvalue weighted by molar-refractivity contribution is -0.150. The van der Waals surface area contributed by atoms with Crippen molar-refractivity contribution in [3.05, 3.63) is 107 Å². The predicted octanol–water partition coefficient (Wildman–Crippen LogP) is 2.49. The van der Waals surface area contributed by atoms with Crippen molar-refractivity contribution in [2.45, 2.75) is 52.2 Å². The zero-order valence-corrected chi connectivity index (χ0v) is 34.1. The molecule has 324 valence electrons. The fourth-order valence-electron chi connectivity index (χ4n) is 6.50. The minimum atomic E-state index is -0.644. The molecule has 3 aromatic rings. The van der Waals surface area contributed by atoms with Crippen LogP contribution in [0.1, 0.15) is 49.3 Å². The average molecular weight is 837 g/mol. The van der Waals surface area contributed by atoms with Gasteiger partial charge >= 0.3 is 0 Å². The van der Waals surface area contributed by atoms with Crippen LogP contribution in [0.2, 0.25) is 0 Å². The van der Waals surface area contributed by atoms with Gasteiger partial charge < -0.3 is 40.9 Å². The summed E-state index contributed by atoms with van der Waals surface area (Å²) in [4.78, 5) is 92.7. The van der Waals surface area contributed by atoms with Gasteiger partial charge in [-0.3, -0.25) is 28.8 Å². The van der Waals surface area contributed by atoms with E-state index >= 15 is 0 Å². The number of rotatable bonds is 15. The molecule has 0 bridgehead atoms. The van der Waals surface area contributed by atoms with Gasteiger partial charge in [0.2, 0.25) is 35.4 Å². The van der Waals surface area contributed by atoms with E-state index in [2.05, 4.69) is 0 Å². The minimum Gasteiger partial charge on any atom is -0.332 e. The highest BCUT2D eigenvalue weighted by atomic mass is 19.1. The summed E-state index contributed by atoms with van der Waals surface area (Å²) in [6.07, 6.45) is 1.76. The summed E-state index contributed by atoms with van der Waals surface area (Å²) in [6, 6.07) is 16.1. The Morgan fingerprint density at radius 1 is 0.400 bits per heavy atom. The van der Waals surface area contributed by atoms with E-state index in [1.165, 1.54) is 102 Å². The van der Waals surface area contributed by atoms with Crippen LogP contribution in [0.3, 0.4) is 0 Å². The third-order valence-corrected chi connectivity index (χ3v) is 9.98. The first-order chi connectivity index (χ1) is 28.8. The molecule has 14 nitrogen and oxygen atoms in total. The van der Waals surface area contributed by atoms with Crippen LogP contribution in [-0.2, 0) is 48.4 Å². The lowest BCUT2D eigenvalue weighted by Gasteiger charge is -2.34. The predicted molar refractivity (Wildman–Crippen MR) is 217 cm³/mol. The van der Waals surface area contributed by atoms with Crippen LogP contribution in [0.25, 0.3) is 0 Å². The van der Waals surface area contributed by atoms with E-state index < -0.39 is 92.2 Å². The maximum atomic E-state index is 14.3. The van der Waals surface area contributed by atoms with Crippen molar-refractivity contribution in [3.8, 4) is 0 Å². The third-order valence-electron chi connectivity index (χ3n) is 9.98. The number of hydrogen-bond acceptors (Lipinski definition) is 8. The molecule has 6 amide bonds. The summed E-state index contributed by atoms with van der Waals surface area (Å²) < 4.78 is 41.7. The first-order valence-electron chi connectivity index (χ1n) is 20.1. The van der Waals surface area contributed by atoms with Crippen molar-refractivity contribution >= 4 is 35.4 Å². The highest BCUT2D eigenvalue weighted by Crippen LogP contribution is 2.15. The molecule has 0 atom stereocenters. The molecule has 0 saturated carbocycles. The van der Waals surface area contributed by atoms with Crippen LogP contribution < -0.4 is 11.5 Å². The molecule has 0 unspecified atom stereocenters. The molecular weight excluding hydrogens is 782 g/mol. The monoisotopic (exact) mass is 836 g/mol. The number of amides is 6. The van der Waals surface area contributed by atoms with Crippen LogP contribution in [0.5, 0.6) is 0 Å². The maximum absolute atomic E-state index is 14.3. The third kappa shape index (κ3) is 14.8. The summed E-state index contributed by atoms with van der Waals surface area (Å²) in [5.74, 6) is -5.23. The van der Waals surface area contributed by atoms with Gasteiger partial charge in [-0.05, 0) is 85.4 Å². The number of hydrogen-bond donors (Lipinski definition) is 2. The Morgan fingerprint density at radius 2 is 0.633 bits per heavy atom. The van der Waals surface area contributed by atoms with Crippen molar-refractivity contribution in [1.82, 2.24) is 29.4 Å². The minimum absolute atomic E-state index is 0.0279. The molecule has 0 aliphatic carbocycles. The number of nitrogens with two attached hydrogens (primary N) is 2. The highest BCUT2D eigenvalue weighted by molar-refractivity contribution is 5.93. The van der Waals surface area contributed by atoms with Gasteiger partial charge in [0.05, 0.1) is 19.6 Å². The molecule has 1 aliphatic rings. The Balaban J connectivity index is 1.81. The number of nitrogens with zero attached hydrogens (tertiary/aromatic N) is 6. The molecule has 1 aliphatic heterocycles. The number of halogens is 3. The summed E-state index contributed by atoms with van der Waals surface area (Å²) >= 11 is 0. The molecule has 1 fully saturated rings. The largest absolute Gasteiger partial charge is 0.332 e. The number of carbonyl (C=O) groups excluding carboxylic acids is 6. The molecule has 3 aromatic carbocycles. The first-order valence-corrected chi connectivity index (χ1v) is 20.1. The first kappa shape index (κ1) is 46.9.